The number of hydrogen-bond donors (Lipinski definition) is 1. The fourth-order valence-corrected chi connectivity index (χ4v) is 3.29. The van der Waals surface area contributed by atoms with Gasteiger partial charge in [-0.3, -0.25) is 0 Å². The molecule has 0 aliphatic carbocycles. The highest BCUT2D eigenvalue weighted by Gasteiger charge is 2.42. The van der Waals surface area contributed by atoms with Crippen LogP contribution >= 0.6 is 11.6 Å². The summed E-state index contributed by atoms with van der Waals surface area (Å²) in [5.41, 5.74) is 1.05. The van der Waals surface area contributed by atoms with Gasteiger partial charge >= 0.3 is 0 Å². The van der Waals surface area contributed by atoms with Crippen LogP contribution in [0, 0.1) is 0 Å². The number of nitrogens with one attached hydrogen (secondary N) is 1. The molecule has 1 aromatic carbocycles. The average Bonchev–Trinajstić information content (AvgIpc) is 2.39. The molecule has 3 nitrogen and oxygen atoms in total. The Morgan fingerprint density at radius 3 is 2.95 bits per heavy atom. The molecule has 1 atom stereocenters. The fraction of sp³-hybridized carbons (Fsp3) is 0.600. The van der Waals surface area contributed by atoms with E-state index in [1.165, 1.54) is 0 Å². The highest BCUT2D eigenvalue weighted by atomic mass is 35.5. The van der Waals surface area contributed by atoms with E-state index in [-0.39, 0.29) is 11.7 Å². The second-order valence-electron chi connectivity index (χ2n) is 5.37. The first-order valence-electron chi connectivity index (χ1n) is 7.03. The average molecular weight is 282 g/mol. The van der Waals surface area contributed by atoms with Crippen molar-refractivity contribution >= 4 is 11.6 Å². The van der Waals surface area contributed by atoms with Crippen LogP contribution in [0.1, 0.15) is 37.9 Å². The maximum atomic E-state index is 6.31. The molecule has 1 saturated heterocycles. The van der Waals surface area contributed by atoms with Crippen LogP contribution in [0.3, 0.4) is 0 Å². The van der Waals surface area contributed by atoms with Gasteiger partial charge in [0.2, 0.25) is 0 Å². The number of benzene rings is 1. The molecule has 2 heterocycles. The van der Waals surface area contributed by atoms with Crippen molar-refractivity contribution in [2.24, 2.45) is 0 Å². The first kappa shape index (κ1) is 13.2. The number of piperidine rings is 1. The zero-order valence-corrected chi connectivity index (χ0v) is 12.0. The van der Waals surface area contributed by atoms with E-state index < -0.39 is 0 Å². The maximum absolute atomic E-state index is 6.31. The number of hydrogen-bond acceptors (Lipinski definition) is 3. The van der Waals surface area contributed by atoms with Gasteiger partial charge in [-0.15, -0.1) is 0 Å². The Labute approximate surface area is 119 Å². The molecule has 19 heavy (non-hydrogen) atoms. The van der Waals surface area contributed by atoms with Crippen LogP contribution in [-0.4, -0.2) is 25.3 Å². The predicted molar refractivity (Wildman–Crippen MR) is 75.9 cm³/mol. The van der Waals surface area contributed by atoms with Crippen molar-refractivity contribution in [1.82, 2.24) is 5.32 Å². The lowest BCUT2D eigenvalue weighted by atomic mass is 9.82. The van der Waals surface area contributed by atoms with Gasteiger partial charge in [-0.1, -0.05) is 17.7 Å². The molecule has 0 amide bonds. The SMILES string of the molecule is CCOC1CC2(CCNCC2)Oc2cc(Cl)ccc21. The van der Waals surface area contributed by atoms with Crippen molar-refractivity contribution in [2.45, 2.75) is 37.9 Å². The molecule has 3 rings (SSSR count). The molecular weight excluding hydrogens is 262 g/mol. The quantitative estimate of drug-likeness (QED) is 0.902. The molecule has 0 radical (unpaired) electrons. The topological polar surface area (TPSA) is 30.5 Å². The van der Waals surface area contributed by atoms with Crippen LogP contribution in [0.4, 0.5) is 0 Å². The van der Waals surface area contributed by atoms with Gasteiger partial charge in [0.1, 0.15) is 11.4 Å². The summed E-state index contributed by atoms with van der Waals surface area (Å²) in [4.78, 5) is 0. The molecule has 4 heteroatoms. The first-order chi connectivity index (χ1) is 9.22. The third-order valence-corrected chi connectivity index (χ3v) is 4.32. The van der Waals surface area contributed by atoms with E-state index in [9.17, 15) is 0 Å². The zero-order chi connectivity index (χ0) is 13.3. The van der Waals surface area contributed by atoms with Crippen LogP contribution in [-0.2, 0) is 4.74 Å². The van der Waals surface area contributed by atoms with E-state index in [1.807, 2.05) is 25.1 Å². The van der Waals surface area contributed by atoms with E-state index in [1.54, 1.807) is 0 Å². The van der Waals surface area contributed by atoms with E-state index >= 15 is 0 Å². The van der Waals surface area contributed by atoms with Gasteiger partial charge < -0.3 is 14.8 Å². The maximum Gasteiger partial charge on any atom is 0.127 e. The molecule has 1 spiro atoms. The Bertz CT molecular complexity index is 457. The van der Waals surface area contributed by atoms with Gasteiger partial charge in [-0.2, -0.15) is 0 Å². The van der Waals surface area contributed by atoms with Crippen LogP contribution in [0.5, 0.6) is 5.75 Å². The Hall–Kier alpha value is -0.770. The van der Waals surface area contributed by atoms with Gasteiger partial charge in [0, 0.05) is 23.6 Å². The molecular formula is C15H20ClNO2. The lowest BCUT2D eigenvalue weighted by molar-refractivity contribution is -0.0589. The monoisotopic (exact) mass is 281 g/mol. The van der Waals surface area contributed by atoms with Gasteiger partial charge in [0.05, 0.1) is 6.10 Å². The van der Waals surface area contributed by atoms with Crippen molar-refractivity contribution in [3.05, 3.63) is 28.8 Å². The molecule has 0 aromatic heterocycles. The van der Waals surface area contributed by atoms with E-state index in [4.69, 9.17) is 21.1 Å². The van der Waals surface area contributed by atoms with Crippen molar-refractivity contribution in [2.75, 3.05) is 19.7 Å². The molecule has 1 aromatic rings. The summed E-state index contributed by atoms with van der Waals surface area (Å²) in [5.74, 6) is 0.902. The summed E-state index contributed by atoms with van der Waals surface area (Å²) in [6.07, 6.45) is 3.13. The van der Waals surface area contributed by atoms with Crippen molar-refractivity contribution in [3.63, 3.8) is 0 Å². The largest absolute Gasteiger partial charge is 0.487 e. The second kappa shape index (κ2) is 5.31. The molecule has 2 aliphatic rings. The summed E-state index contributed by atoms with van der Waals surface area (Å²) in [5, 5.41) is 4.11. The standard InChI is InChI=1S/C15H20ClNO2/c1-2-18-14-10-15(5-7-17-8-6-15)19-13-9-11(16)3-4-12(13)14/h3-4,9,14,17H,2,5-8,10H2,1H3. The minimum absolute atomic E-state index is 0.0806. The number of ether oxygens (including phenoxy) is 2. The fourth-order valence-electron chi connectivity index (χ4n) is 3.12. The Balaban J connectivity index is 1.94. The molecule has 2 aliphatic heterocycles. The minimum Gasteiger partial charge on any atom is -0.487 e. The first-order valence-corrected chi connectivity index (χ1v) is 7.41. The van der Waals surface area contributed by atoms with E-state index in [2.05, 4.69) is 5.32 Å². The third-order valence-electron chi connectivity index (χ3n) is 4.09. The zero-order valence-electron chi connectivity index (χ0n) is 11.2. The highest BCUT2D eigenvalue weighted by molar-refractivity contribution is 6.30. The lowest BCUT2D eigenvalue weighted by Gasteiger charge is -2.44. The van der Waals surface area contributed by atoms with Gasteiger partial charge in [0.15, 0.2) is 0 Å². The van der Waals surface area contributed by atoms with Crippen LogP contribution in [0.15, 0.2) is 18.2 Å². The van der Waals surface area contributed by atoms with Crippen LogP contribution in [0.2, 0.25) is 5.02 Å². The highest BCUT2D eigenvalue weighted by Crippen LogP contribution is 2.45. The second-order valence-corrected chi connectivity index (χ2v) is 5.80. The molecule has 104 valence electrons. The Morgan fingerprint density at radius 1 is 1.42 bits per heavy atom. The summed E-state index contributed by atoms with van der Waals surface area (Å²) in [6, 6.07) is 5.87. The van der Waals surface area contributed by atoms with Crippen molar-refractivity contribution < 1.29 is 9.47 Å². The lowest BCUT2D eigenvalue weighted by Crippen LogP contribution is -2.49. The van der Waals surface area contributed by atoms with Crippen LogP contribution in [0.25, 0.3) is 0 Å². The summed E-state index contributed by atoms with van der Waals surface area (Å²) < 4.78 is 12.2. The number of rotatable bonds is 2. The molecule has 1 unspecified atom stereocenters. The predicted octanol–water partition coefficient (Wildman–Crippen LogP) is 3.32. The van der Waals surface area contributed by atoms with Gasteiger partial charge in [-0.25, -0.2) is 0 Å². The minimum atomic E-state index is -0.0806. The smallest absolute Gasteiger partial charge is 0.127 e. The molecule has 1 N–H and O–H groups in total. The molecule has 0 bridgehead atoms. The molecule has 0 saturated carbocycles. The van der Waals surface area contributed by atoms with E-state index in [0.717, 1.165) is 55.3 Å². The van der Waals surface area contributed by atoms with Gasteiger partial charge in [-0.05, 0) is 45.0 Å². The third kappa shape index (κ3) is 2.60. The summed E-state index contributed by atoms with van der Waals surface area (Å²) >= 11 is 6.10. The van der Waals surface area contributed by atoms with E-state index in [0.29, 0.717) is 0 Å². The Morgan fingerprint density at radius 2 is 2.21 bits per heavy atom. The summed E-state index contributed by atoms with van der Waals surface area (Å²) in [6.45, 7) is 4.78. The number of halogens is 1. The Kier molecular flexibility index (Phi) is 3.70. The van der Waals surface area contributed by atoms with Gasteiger partial charge in [0.25, 0.3) is 0 Å². The van der Waals surface area contributed by atoms with Crippen molar-refractivity contribution in [3.8, 4) is 5.75 Å². The number of fused-ring (bicyclic) bond motifs is 1. The van der Waals surface area contributed by atoms with Crippen LogP contribution < -0.4 is 10.1 Å². The van der Waals surface area contributed by atoms with Crippen molar-refractivity contribution in [1.29, 1.82) is 0 Å². The summed E-state index contributed by atoms with van der Waals surface area (Å²) in [7, 11) is 0. The molecule has 1 fully saturated rings. The normalized spacial score (nSPS) is 24.8.